The number of hydrogen-bond acceptors (Lipinski definition) is 3. The normalized spacial score (nSPS) is 16.6. The lowest BCUT2D eigenvalue weighted by molar-refractivity contribution is 0.475. The molecule has 0 saturated heterocycles. The first-order chi connectivity index (χ1) is 12.7. The van der Waals surface area contributed by atoms with Crippen molar-refractivity contribution in [3.8, 4) is 5.75 Å². The quantitative estimate of drug-likeness (QED) is 0.697. The highest BCUT2D eigenvalue weighted by Gasteiger charge is 2.29. The van der Waals surface area contributed by atoms with E-state index >= 15 is 0 Å². The van der Waals surface area contributed by atoms with Crippen molar-refractivity contribution in [1.29, 1.82) is 0 Å². The van der Waals surface area contributed by atoms with E-state index in [2.05, 4.69) is 48.3 Å². The van der Waals surface area contributed by atoms with E-state index in [1.54, 1.807) is 12.1 Å². The minimum Gasteiger partial charge on any atom is -0.508 e. The van der Waals surface area contributed by atoms with Gasteiger partial charge in [0.15, 0.2) is 0 Å². The Kier molecular flexibility index (Phi) is 4.44. The van der Waals surface area contributed by atoms with Crippen LogP contribution in [0, 0.1) is 0 Å². The van der Waals surface area contributed by atoms with Crippen LogP contribution < -0.4 is 5.01 Å². The highest BCUT2D eigenvalue weighted by atomic mass is 16.3. The van der Waals surface area contributed by atoms with Crippen LogP contribution in [-0.2, 0) is 6.42 Å². The standard InChI is InChI=1S/C23H22N2O/c1-2-17-8-10-18(11-9-17)22-16-23(19-12-14-21(26)15-13-19)25(24-22)20-6-4-3-5-7-20/h3-15,23,26H,2,16H2,1H3/t23-/m0/s1. The largest absolute Gasteiger partial charge is 0.508 e. The van der Waals surface area contributed by atoms with Gasteiger partial charge in [0.25, 0.3) is 0 Å². The first-order valence-corrected chi connectivity index (χ1v) is 9.04. The topological polar surface area (TPSA) is 35.8 Å². The van der Waals surface area contributed by atoms with E-state index < -0.39 is 0 Å². The number of phenolic OH excluding ortho intramolecular Hbond substituents is 1. The van der Waals surface area contributed by atoms with Crippen LogP contribution in [-0.4, -0.2) is 10.8 Å². The molecule has 0 aliphatic carbocycles. The molecule has 1 aliphatic heterocycles. The van der Waals surface area contributed by atoms with Gasteiger partial charge in [-0.2, -0.15) is 5.10 Å². The average molecular weight is 342 g/mol. The maximum Gasteiger partial charge on any atom is 0.115 e. The lowest BCUT2D eigenvalue weighted by Gasteiger charge is -2.24. The van der Waals surface area contributed by atoms with Crippen LogP contribution in [0.2, 0.25) is 0 Å². The van der Waals surface area contributed by atoms with Crippen LogP contribution in [0.15, 0.2) is 84.0 Å². The number of aromatic hydroxyl groups is 1. The first-order valence-electron chi connectivity index (χ1n) is 9.04. The van der Waals surface area contributed by atoms with Gasteiger partial charge >= 0.3 is 0 Å². The third-order valence-electron chi connectivity index (χ3n) is 4.90. The molecule has 0 spiro atoms. The molecule has 0 radical (unpaired) electrons. The Hall–Kier alpha value is -3.07. The summed E-state index contributed by atoms with van der Waals surface area (Å²) < 4.78 is 0. The Bertz CT molecular complexity index is 899. The minimum atomic E-state index is 0.124. The Morgan fingerprint density at radius 3 is 2.27 bits per heavy atom. The van der Waals surface area contributed by atoms with Gasteiger partial charge in [0.05, 0.1) is 17.4 Å². The molecule has 0 bridgehead atoms. The lowest BCUT2D eigenvalue weighted by Crippen LogP contribution is -2.18. The van der Waals surface area contributed by atoms with Crippen LogP contribution in [0.5, 0.6) is 5.75 Å². The number of hydrazone groups is 1. The van der Waals surface area contributed by atoms with Gasteiger partial charge in [-0.15, -0.1) is 0 Å². The van der Waals surface area contributed by atoms with E-state index in [0.717, 1.165) is 29.8 Å². The molecule has 4 rings (SSSR count). The Morgan fingerprint density at radius 1 is 0.923 bits per heavy atom. The van der Waals surface area contributed by atoms with Crippen molar-refractivity contribution in [2.75, 3.05) is 5.01 Å². The molecule has 1 N–H and O–H groups in total. The highest BCUT2D eigenvalue weighted by molar-refractivity contribution is 6.03. The summed E-state index contributed by atoms with van der Waals surface area (Å²) in [6.45, 7) is 2.17. The third-order valence-corrected chi connectivity index (χ3v) is 4.90. The van der Waals surface area contributed by atoms with Gasteiger partial charge in [0.1, 0.15) is 5.75 Å². The van der Waals surface area contributed by atoms with Crippen molar-refractivity contribution < 1.29 is 5.11 Å². The van der Waals surface area contributed by atoms with Crippen molar-refractivity contribution in [2.45, 2.75) is 25.8 Å². The predicted molar refractivity (Wildman–Crippen MR) is 107 cm³/mol. The van der Waals surface area contributed by atoms with E-state index in [1.165, 1.54) is 11.1 Å². The van der Waals surface area contributed by atoms with Gasteiger partial charge in [-0.3, -0.25) is 5.01 Å². The number of benzene rings is 3. The lowest BCUT2D eigenvalue weighted by atomic mass is 9.97. The van der Waals surface area contributed by atoms with Gasteiger partial charge in [0.2, 0.25) is 0 Å². The molecule has 3 aromatic carbocycles. The Morgan fingerprint density at radius 2 is 1.62 bits per heavy atom. The molecule has 3 nitrogen and oxygen atoms in total. The number of anilines is 1. The third kappa shape index (κ3) is 3.21. The molecular formula is C23H22N2O. The number of phenols is 1. The summed E-state index contributed by atoms with van der Waals surface area (Å²) in [5, 5.41) is 16.7. The summed E-state index contributed by atoms with van der Waals surface area (Å²) in [7, 11) is 0. The summed E-state index contributed by atoms with van der Waals surface area (Å²) in [6, 6.07) is 26.5. The van der Waals surface area contributed by atoms with Gasteiger partial charge < -0.3 is 5.11 Å². The molecule has 0 fully saturated rings. The molecule has 1 heterocycles. The molecular weight excluding hydrogens is 320 g/mol. The van der Waals surface area contributed by atoms with E-state index in [4.69, 9.17) is 5.10 Å². The zero-order valence-corrected chi connectivity index (χ0v) is 14.8. The number of para-hydroxylation sites is 1. The van der Waals surface area contributed by atoms with Crippen LogP contribution >= 0.6 is 0 Å². The minimum absolute atomic E-state index is 0.124. The van der Waals surface area contributed by atoms with Crippen LogP contribution in [0.4, 0.5) is 5.69 Å². The highest BCUT2D eigenvalue weighted by Crippen LogP contribution is 2.37. The van der Waals surface area contributed by atoms with Gasteiger partial charge in [-0.1, -0.05) is 61.5 Å². The molecule has 0 unspecified atom stereocenters. The SMILES string of the molecule is CCc1ccc(C2=NN(c3ccccc3)[C@H](c3ccc(O)cc3)C2)cc1. The summed E-state index contributed by atoms with van der Waals surface area (Å²) in [6.07, 6.45) is 1.88. The van der Waals surface area contributed by atoms with Crippen LogP contribution in [0.25, 0.3) is 0 Å². The van der Waals surface area contributed by atoms with Crippen LogP contribution in [0.3, 0.4) is 0 Å². The molecule has 0 saturated carbocycles. The van der Waals surface area contributed by atoms with E-state index in [0.29, 0.717) is 0 Å². The maximum absolute atomic E-state index is 9.62. The zero-order valence-electron chi connectivity index (χ0n) is 14.8. The first kappa shape index (κ1) is 16.4. The second-order valence-electron chi connectivity index (χ2n) is 6.59. The Balaban J connectivity index is 1.71. The van der Waals surface area contributed by atoms with E-state index in [1.807, 2.05) is 30.3 Å². The van der Waals surface area contributed by atoms with E-state index in [9.17, 15) is 5.11 Å². The fraction of sp³-hybridized carbons (Fsp3) is 0.174. The molecule has 0 aromatic heterocycles. The van der Waals surface area contributed by atoms with E-state index in [-0.39, 0.29) is 11.8 Å². The number of rotatable bonds is 4. The molecule has 0 amide bonds. The molecule has 3 aromatic rings. The number of aryl methyl sites for hydroxylation is 1. The fourth-order valence-electron chi connectivity index (χ4n) is 3.39. The smallest absolute Gasteiger partial charge is 0.115 e. The van der Waals surface area contributed by atoms with Crippen molar-refractivity contribution >= 4 is 11.4 Å². The van der Waals surface area contributed by atoms with Gasteiger partial charge in [-0.25, -0.2) is 0 Å². The summed E-state index contributed by atoms with van der Waals surface area (Å²) >= 11 is 0. The van der Waals surface area contributed by atoms with Gasteiger partial charge in [0, 0.05) is 6.42 Å². The van der Waals surface area contributed by atoms with Gasteiger partial charge in [-0.05, 0) is 47.4 Å². The second-order valence-corrected chi connectivity index (χ2v) is 6.59. The molecule has 1 aliphatic rings. The molecule has 26 heavy (non-hydrogen) atoms. The fourth-order valence-corrected chi connectivity index (χ4v) is 3.39. The zero-order chi connectivity index (χ0) is 17.9. The van der Waals surface area contributed by atoms with Crippen LogP contribution in [0.1, 0.15) is 36.1 Å². The summed E-state index contributed by atoms with van der Waals surface area (Å²) in [5.74, 6) is 0.286. The van der Waals surface area contributed by atoms with Crippen molar-refractivity contribution in [3.63, 3.8) is 0 Å². The van der Waals surface area contributed by atoms with Crippen molar-refractivity contribution in [2.24, 2.45) is 5.10 Å². The summed E-state index contributed by atoms with van der Waals surface area (Å²) in [5.41, 5.74) is 5.82. The second kappa shape index (κ2) is 7.04. The molecule has 130 valence electrons. The maximum atomic E-state index is 9.62. The monoisotopic (exact) mass is 342 g/mol. The summed E-state index contributed by atoms with van der Waals surface area (Å²) in [4.78, 5) is 0. The predicted octanol–water partition coefficient (Wildman–Crippen LogP) is 5.31. The average Bonchev–Trinajstić information content (AvgIpc) is 3.15. The molecule has 1 atom stereocenters. The number of nitrogens with zero attached hydrogens (tertiary/aromatic N) is 2. The number of hydrogen-bond donors (Lipinski definition) is 1. The van der Waals surface area contributed by atoms with Crippen molar-refractivity contribution in [3.05, 3.63) is 95.6 Å². The molecule has 3 heteroatoms. The van der Waals surface area contributed by atoms with Crippen molar-refractivity contribution in [1.82, 2.24) is 0 Å². The Labute approximate surface area is 154 Å².